The summed E-state index contributed by atoms with van der Waals surface area (Å²) in [6.45, 7) is 1.85. The number of ketones is 1. The molecule has 0 bridgehead atoms. The van der Waals surface area contributed by atoms with Gasteiger partial charge >= 0.3 is 5.97 Å². The van der Waals surface area contributed by atoms with E-state index in [1.165, 1.54) is 7.11 Å². The normalized spacial score (nSPS) is 21.4. The molecule has 5 nitrogen and oxygen atoms in total. The summed E-state index contributed by atoms with van der Waals surface area (Å²) in [4.78, 5) is 28.8. The minimum atomic E-state index is -0.406. The van der Waals surface area contributed by atoms with Crippen LogP contribution in [0.4, 0.5) is 0 Å². The molecule has 0 amide bonds. The molecule has 0 fully saturated rings. The summed E-state index contributed by atoms with van der Waals surface area (Å²) in [5, 5.41) is 3.24. The quantitative estimate of drug-likeness (QED) is 0.848. The van der Waals surface area contributed by atoms with Gasteiger partial charge < -0.3 is 10.1 Å². The van der Waals surface area contributed by atoms with Gasteiger partial charge in [0.05, 0.1) is 12.7 Å². The summed E-state index contributed by atoms with van der Waals surface area (Å²) in [7, 11) is 1.36. The summed E-state index contributed by atoms with van der Waals surface area (Å²) in [6, 6.07) is 3.69. The Morgan fingerprint density at radius 2 is 2.05 bits per heavy atom. The fraction of sp³-hybridized carbons (Fsp3) is 0.353. The highest BCUT2D eigenvalue weighted by molar-refractivity contribution is 6.03. The molecule has 3 rings (SSSR count). The van der Waals surface area contributed by atoms with E-state index >= 15 is 0 Å². The van der Waals surface area contributed by atoms with Crippen LogP contribution < -0.4 is 5.32 Å². The largest absolute Gasteiger partial charge is 0.466 e. The number of carbonyl (C=O) groups is 2. The van der Waals surface area contributed by atoms with Crippen molar-refractivity contribution in [3.8, 4) is 0 Å². The zero-order valence-electron chi connectivity index (χ0n) is 12.7. The number of carbonyl (C=O) groups excluding carboxylic acids is 2. The van der Waals surface area contributed by atoms with Gasteiger partial charge in [0.1, 0.15) is 0 Å². The second-order valence-electron chi connectivity index (χ2n) is 5.54. The van der Waals surface area contributed by atoms with Gasteiger partial charge in [-0.15, -0.1) is 0 Å². The molecule has 2 heterocycles. The highest BCUT2D eigenvalue weighted by atomic mass is 16.5. The maximum absolute atomic E-state index is 12.5. The third-order valence-corrected chi connectivity index (χ3v) is 4.22. The first-order valence-corrected chi connectivity index (χ1v) is 7.35. The van der Waals surface area contributed by atoms with Crippen LogP contribution in [0, 0.1) is 0 Å². The average Bonchev–Trinajstić information content (AvgIpc) is 2.54. The lowest BCUT2D eigenvalue weighted by atomic mass is 9.75. The average molecular weight is 298 g/mol. The minimum Gasteiger partial charge on any atom is -0.466 e. The first-order valence-electron chi connectivity index (χ1n) is 7.35. The molecular weight excluding hydrogens is 280 g/mol. The number of Topliss-reactive ketones (excluding diaryl/α,β-unsaturated/α-hetero) is 1. The Balaban J connectivity index is 2.18. The molecule has 1 atom stereocenters. The number of esters is 1. The van der Waals surface area contributed by atoms with Gasteiger partial charge in [-0.05, 0) is 37.5 Å². The van der Waals surface area contributed by atoms with Crippen molar-refractivity contribution in [2.75, 3.05) is 7.11 Å². The van der Waals surface area contributed by atoms with E-state index in [1.807, 2.05) is 19.1 Å². The zero-order chi connectivity index (χ0) is 15.7. The number of nitrogens with one attached hydrogen (secondary N) is 1. The Bertz CT molecular complexity index is 689. The second-order valence-corrected chi connectivity index (χ2v) is 5.54. The van der Waals surface area contributed by atoms with E-state index in [9.17, 15) is 9.59 Å². The van der Waals surface area contributed by atoms with E-state index in [1.54, 1.807) is 12.4 Å². The van der Waals surface area contributed by atoms with Gasteiger partial charge in [-0.2, -0.15) is 0 Å². The van der Waals surface area contributed by atoms with Crippen molar-refractivity contribution in [1.82, 2.24) is 10.3 Å². The Labute approximate surface area is 129 Å². The molecule has 1 aromatic heterocycles. The molecule has 1 aromatic rings. The van der Waals surface area contributed by atoms with Gasteiger partial charge in [-0.3, -0.25) is 9.78 Å². The van der Waals surface area contributed by atoms with Crippen LogP contribution in [0.15, 0.2) is 47.1 Å². The molecule has 0 saturated carbocycles. The fourth-order valence-electron chi connectivity index (χ4n) is 3.25. The van der Waals surface area contributed by atoms with Crippen LogP contribution in [0.1, 0.15) is 37.7 Å². The maximum Gasteiger partial charge on any atom is 0.336 e. The zero-order valence-corrected chi connectivity index (χ0v) is 12.7. The van der Waals surface area contributed by atoms with Crippen LogP contribution in [0.25, 0.3) is 0 Å². The summed E-state index contributed by atoms with van der Waals surface area (Å²) >= 11 is 0. The number of rotatable bonds is 2. The predicted octanol–water partition coefficient (Wildman–Crippen LogP) is 2.22. The lowest BCUT2D eigenvalue weighted by Gasteiger charge is -2.33. The SMILES string of the molecule is COC(=O)C1=C(C)NC2=C(C(=O)CCC2)[C@H]1c1ccncc1. The number of aromatic nitrogens is 1. The Morgan fingerprint density at radius 3 is 2.73 bits per heavy atom. The van der Waals surface area contributed by atoms with Gasteiger partial charge in [-0.25, -0.2) is 4.79 Å². The molecule has 0 spiro atoms. The van der Waals surface area contributed by atoms with Gasteiger partial charge in [-0.1, -0.05) is 0 Å². The number of hydrogen-bond acceptors (Lipinski definition) is 5. The third-order valence-electron chi connectivity index (χ3n) is 4.22. The molecule has 0 saturated heterocycles. The number of allylic oxidation sites excluding steroid dienone is 3. The number of methoxy groups -OCH3 is 1. The van der Waals surface area contributed by atoms with Crippen molar-refractivity contribution < 1.29 is 14.3 Å². The first-order chi connectivity index (χ1) is 10.6. The standard InChI is InChI=1S/C17H18N2O3/c1-10-14(17(21)22-2)15(11-6-8-18-9-7-11)16-12(19-10)4-3-5-13(16)20/h6-9,15,19H,3-5H2,1-2H3/t15-/m0/s1. The van der Waals surface area contributed by atoms with E-state index in [0.717, 1.165) is 29.8 Å². The molecule has 1 N–H and O–H groups in total. The summed E-state index contributed by atoms with van der Waals surface area (Å²) in [5.41, 5.74) is 3.77. The predicted molar refractivity (Wildman–Crippen MR) is 80.7 cm³/mol. The van der Waals surface area contributed by atoms with Crippen molar-refractivity contribution >= 4 is 11.8 Å². The van der Waals surface area contributed by atoms with Crippen LogP contribution in [0.5, 0.6) is 0 Å². The smallest absolute Gasteiger partial charge is 0.336 e. The van der Waals surface area contributed by atoms with Crippen molar-refractivity contribution in [3.63, 3.8) is 0 Å². The third kappa shape index (κ3) is 2.32. The van der Waals surface area contributed by atoms with E-state index in [-0.39, 0.29) is 11.7 Å². The molecule has 114 valence electrons. The van der Waals surface area contributed by atoms with Crippen molar-refractivity contribution in [2.24, 2.45) is 0 Å². The Morgan fingerprint density at radius 1 is 1.32 bits per heavy atom. The van der Waals surface area contributed by atoms with Crippen LogP contribution in [0.3, 0.4) is 0 Å². The molecular formula is C17H18N2O3. The number of dihydropyridines is 1. The van der Waals surface area contributed by atoms with Crippen LogP contribution in [-0.2, 0) is 14.3 Å². The molecule has 1 aliphatic carbocycles. The second kappa shape index (κ2) is 5.75. The first kappa shape index (κ1) is 14.5. The fourth-order valence-corrected chi connectivity index (χ4v) is 3.25. The van der Waals surface area contributed by atoms with Crippen LogP contribution in [-0.4, -0.2) is 23.8 Å². The van der Waals surface area contributed by atoms with Gasteiger partial charge in [0.25, 0.3) is 0 Å². The van der Waals surface area contributed by atoms with Crippen LogP contribution >= 0.6 is 0 Å². The summed E-state index contributed by atoms with van der Waals surface area (Å²) in [6.07, 6.45) is 5.54. The lowest BCUT2D eigenvalue weighted by Crippen LogP contribution is -2.34. The van der Waals surface area contributed by atoms with E-state index in [4.69, 9.17) is 4.74 Å². The van der Waals surface area contributed by atoms with Gasteiger partial charge in [0.15, 0.2) is 5.78 Å². The number of hydrogen-bond donors (Lipinski definition) is 1. The highest BCUT2D eigenvalue weighted by Crippen LogP contribution is 2.42. The van der Waals surface area contributed by atoms with Crippen molar-refractivity contribution in [2.45, 2.75) is 32.1 Å². The summed E-state index contributed by atoms with van der Waals surface area (Å²) < 4.78 is 4.94. The number of pyridine rings is 1. The maximum atomic E-state index is 12.5. The number of ether oxygens (including phenoxy) is 1. The molecule has 22 heavy (non-hydrogen) atoms. The molecule has 0 radical (unpaired) electrons. The van der Waals surface area contributed by atoms with Crippen molar-refractivity contribution in [3.05, 3.63) is 52.6 Å². The molecule has 0 unspecified atom stereocenters. The molecule has 2 aliphatic rings. The lowest BCUT2D eigenvalue weighted by molar-refractivity contribution is -0.136. The summed E-state index contributed by atoms with van der Waals surface area (Å²) in [5.74, 6) is -0.680. The monoisotopic (exact) mass is 298 g/mol. The van der Waals surface area contributed by atoms with Crippen LogP contribution in [0.2, 0.25) is 0 Å². The molecule has 5 heteroatoms. The minimum absolute atomic E-state index is 0.101. The highest BCUT2D eigenvalue weighted by Gasteiger charge is 2.38. The van der Waals surface area contributed by atoms with E-state index < -0.39 is 5.97 Å². The molecule has 0 aromatic carbocycles. The molecule has 1 aliphatic heterocycles. The topological polar surface area (TPSA) is 68.3 Å². The Kier molecular flexibility index (Phi) is 3.79. The van der Waals surface area contributed by atoms with Gasteiger partial charge in [0.2, 0.25) is 0 Å². The van der Waals surface area contributed by atoms with Gasteiger partial charge in [0, 0.05) is 41.7 Å². The van der Waals surface area contributed by atoms with E-state index in [0.29, 0.717) is 17.6 Å². The van der Waals surface area contributed by atoms with Crippen molar-refractivity contribution in [1.29, 1.82) is 0 Å². The number of nitrogens with zero attached hydrogens (tertiary/aromatic N) is 1. The van der Waals surface area contributed by atoms with E-state index in [2.05, 4.69) is 10.3 Å². The Hall–Kier alpha value is -2.43.